The van der Waals surface area contributed by atoms with Gasteiger partial charge in [-0.15, -0.1) is 16.4 Å². The zero-order valence-corrected chi connectivity index (χ0v) is 17.4. The van der Waals surface area contributed by atoms with Crippen molar-refractivity contribution in [3.8, 4) is 10.4 Å². The van der Waals surface area contributed by atoms with Crippen molar-refractivity contribution in [3.05, 3.63) is 63.7 Å². The number of piperidine rings is 1. The number of hydrogen-bond donors (Lipinski definition) is 3. The number of amides is 2. The lowest BCUT2D eigenvalue weighted by molar-refractivity contribution is -0.133. The molecule has 2 aromatic heterocycles. The second kappa shape index (κ2) is 8.27. The molecule has 1 unspecified atom stereocenters. The number of hydrogen-bond acceptors (Lipinski definition) is 5. The van der Waals surface area contributed by atoms with Crippen LogP contribution in [0.2, 0.25) is 0 Å². The molecule has 156 valence electrons. The first-order chi connectivity index (χ1) is 14.5. The lowest BCUT2D eigenvalue weighted by Gasteiger charge is -2.41. The summed E-state index contributed by atoms with van der Waals surface area (Å²) in [6, 6.07) is 12.3. The molecule has 0 radical (unpaired) electrons. The fourth-order valence-electron chi connectivity index (χ4n) is 4.12. The summed E-state index contributed by atoms with van der Waals surface area (Å²) in [4.78, 5) is 42.2. The number of benzene rings is 1. The number of aromatic nitrogens is 3. The predicted octanol–water partition coefficient (Wildman–Crippen LogP) is 2.04. The Kier molecular flexibility index (Phi) is 5.54. The van der Waals surface area contributed by atoms with Gasteiger partial charge in [-0.2, -0.15) is 0 Å². The van der Waals surface area contributed by atoms with E-state index in [9.17, 15) is 14.4 Å². The second-order valence-corrected chi connectivity index (χ2v) is 8.51. The third-order valence-electron chi connectivity index (χ3n) is 5.58. The Hall–Kier alpha value is -3.20. The van der Waals surface area contributed by atoms with Crippen LogP contribution >= 0.6 is 11.3 Å². The number of nitrogens with zero attached hydrogens (tertiary/aromatic N) is 2. The molecule has 0 bridgehead atoms. The fourth-order valence-corrected chi connectivity index (χ4v) is 4.85. The van der Waals surface area contributed by atoms with Gasteiger partial charge in [0.15, 0.2) is 0 Å². The molecule has 1 fully saturated rings. The number of nitrogens with one attached hydrogen (secondary N) is 3. The molecule has 1 atom stereocenters. The van der Waals surface area contributed by atoms with Gasteiger partial charge in [-0.25, -0.2) is 9.89 Å². The molecular formula is C21H23N5O3S. The summed E-state index contributed by atoms with van der Waals surface area (Å²) < 4.78 is 0. The molecule has 1 aromatic carbocycles. The van der Waals surface area contributed by atoms with Crippen molar-refractivity contribution < 1.29 is 9.59 Å². The number of carbonyl (C=O) groups is 2. The van der Waals surface area contributed by atoms with Gasteiger partial charge in [-0.05, 0) is 41.8 Å². The highest BCUT2D eigenvalue weighted by molar-refractivity contribution is 7.13. The number of rotatable bonds is 5. The zero-order valence-electron chi connectivity index (χ0n) is 16.6. The summed E-state index contributed by atoms with van der Waals surface area (Å²) in [5, 5.41) is 10.8. The van der Waals surface area contributed by atoms with E-state index in [4.69, 9.17) is 0 Å². The van der Waals surface area contributed by atoms with Gasteiger partial charge in [0.25, 0.3) is 5.91 Å². The smallest absolute Gasteiger partial charge is 0.341 e. The highest BCUT2D eigenvalue weighted by atomic mass is 32.1. The van der Waals surface area contributed by atoms with Crippen LogP contribution < -0.4 is 11.0 Å². The van der Waals surface area contributed by atoms with Crippen LogP contribution in [0.4, 0.5) is 0 Å². The van der Waals surface area contributed by atoms with E-state index in [0.29, 0.717) is 25.8 Å². The first-order valence-electron chi connectivity index (χ1n) is 9.80. The molecule has 3 N–H and O–H groups in total. The molecule has 2 amide bonds. The molecule has 0 aliphatic carbocycles. The number of aromatic amines is 2. The average Bonchev–Trinajstić information content (AvgIpc) is 3.45. The largest absolute Gasteiger partial charge is 0.359 e. The number of H-pyrrole nitrogens is 2. The van der Waals surface area contributed by atoms with E-state index in [2.05, 4.69) is 38.7 Å². The summed E-state index contributed by atoms with van der Waals surface area (Å²) in [6.45, 7) is 0.789. The van der Waals surface area contributed by atoms with Crippen LogP contribution in [0.5, 0.6) is 0 Å². The van der Waals surface area contributed by atoms with Gasteiger partial charge < -0.3 is 10.2 Å². The van der Waals surface area contributed by atoms with Gasteiger partial charge in [0.2, 0.25) is 11.7 Å². The minimum absolute atomic E-state index is 0.0343. The minimum Gasteiger partial charge on any atom is -0.359 e. The lowest BCUT2D eigenvalue weighted by atomic mass is 9.74. The Bertz CT molecular complexity index is 1090. The van der Waals surface area contributed by atoms with Crippen LogP contribution in [-0.2, 0) is 11.2 Å². The maximum atomic E-state index is 12.9. The van der Waals surface area contributed by atoms with Crippen LogP contribution in [-0.4, -0.2) is 52.0 Å². The van der Waals surface area contributed by atoms with Crippen molar-refractivity contribution >= 4 is 23.2 Å². The molecule has 8 nitrogen and oxygen atoms in total. The SMILES string of the molecule is CNC(=O)C1(Cc2ccc(-c3cccs3)cc2)CCCN(C(=O)c2n[nH]c(=O)[nH]2)C1. The number of thiophene rings is 1. The standard InChI is InChI=1S/C21H23N5O3S/c1-22-19(28)21(12-14-5-7-15(8-6-14)16-4-2-11-30-16)9-3-10-26(13-21)18(27)17-23-20(29)25-24-17/h2,4-8,11H,3,9-10,12-13H2,1H3,(H,22,28)(H2,23,24,25,29). The topological polar surface area (TPSA) is 111 Å². The van der Waals surface area contributed by atoms with Crippen LogP contribution in [0, 0.1) is 5.41 Å². The highest BCUT2D eigenvalue weighted by Gasteiger charge is 2.43. The van der Waals surface area contributed by atoms with E-state index >= 15 is 0 Å². The first kappa shape index (κ1) is 20.1. The zero-order chi connectivity index (χ0) is 21.1. The van der Waals surface area contributed by atoms with Crippen LogP contribution in [0.25, 0.3) is 10.4 Å². The predicted molar refractivity (Wildman–Crippen MR) is 114 cm³/mol. The molecule has 1 saturated heterocycles. The minimum atomic E-state index is -0.732. The van der Waals surface area contributed by atoms with Gasteiger partial charge in [-0.3, -0.25) is 14.6 Å². The molecule has 1 aliphatic heterocycles. The molecule has 0 spiro atoms. The van der Waals surface area contributed by atoms with Crippen LogP contribution in [0.3, 0.4) is 0 Å². The van der Waals surface area contributed by atoms with Crippen LogP contribution in [0.15, 0.2) is 46.6 Å². The third kappa shape index (κ3) is 3.93. The Labute approximate surface area is 177 Å². The van der Waals surface area contributed by atoms with Gasteiger partial charge in [0.05, 0.1) is 5.41 Å². The van der Waals surface area contributed by atoms with E-state index in [0.717, 1.165) is 11.1 Å². The van der Waals surface area contributed by atoms with E-state index in [-0.39, 0.29) is 24.2 Å². The Balaban J connectivity index is 1.57. The van der Waals surface area contributed by atoms with Crippen molar-refractivity contribution in [2.24, 2.45) is 5.41 Å². The summed E-state index contributed by atoms with van der Waals surface area (Å²) in [5.41, 5.74) is 0.926. The quantitative estimate of drug-likeness (QED) is 0.581. The molecule has 3 aromatic rings. The molecule has 3 heterocycles. The van der Waals surface area contributed by atoms with E-state index in [1.807, 2.05) is 23.6 Å². The van der Waals surface area contributed by atoms with Crippen molar-refractivity contribution in [3.63, 3.8) is 0 Å². The van der Waals surface area contributed by atoms with Gasteiger partial charge in [0, 0.05) is 25.0 Å². The molecular weight excluding hydrogens is 402 g/mol. The van der Waals surface area contributed by atoms with E-state index in [1.165, 1.54) is 4.88 Å². The fraction of sp³-hybridized carbons (Fsp3) is 0.333. The van der Waals surface area contributed by atoms with Gasteiger partial charge >= 0.3 is 5.69 Å². The van der Waals surface area contributed by atoms with Crippen LogP contribution in [0.1, 0.15) is 29.0 Å². The van der Waals surface area contributed by atoms with Crippen molar-refractivity contribution in [2.75, 3.05) is 20.1 Å². The van der Waals surface area contributed by atoms with Crippen molar-refractivity contribution in [1.82, 2.24) is 25.4 Å². The normalized spacial score (nSPS) is 18.9. The van der Waals surface area contributed by atoms with Gasteiger partial charge in [0.1, 0.15) is 0 Å². The summed E-state index contributed by atoms with van der Waals surface area (Å²) in [6.07, 6.45) is 1.90. The summed E-state index contributed by atoms with van der Waals surface area (Å²) >= 11 is 1.69. The second-order valence-electron chi connectivity index (χ2n) is 7.57. The maximum absolute atomic E-state index is 12.9. The molecule has 4 rings (SSSR count). The summed E-state index contributed by atoms with van der Waals surface area (Å²) in [7, 11) is 1.62. The Morgan fingerprint density at radius 1 is 1.27 bits per heavy atom. The number of carbonyl (C=O) groups excluding carboxylic acids is 2. The number of likely N-dealkylation sites (tertiary alicyclic amines) is 1. The Morgan fingerprint density at radius 3 is 2.70 bits per heavy atom. The summed E-state index contributed by atoms with van der Waals surface area (Å²) in [5.74, 6) is -0.500. The Morgan fingerprint density at radius 2 is 2.07 bits per heavy atom. The van der Waals surface area contributed by atoms with Crippen molar-refractivity contribution in [1.29, 1.82) is 0 Å². The average molecular weight is 426 g/mol. The first-order valence-corrected chi connectivity index (χ1v) is 10.7. The lowest BCUT2D eigenvalue weighted by Crippen LogP contribution is -2.54. The molecule has 1 aliphatic rings. The monoisotopic (exact) mass is 425 g/mol. The van der Waals surface area contributed by atoms with Gasteiger partial charge in [-0.1, -0.05) is 30.3 Å². The third-order valence-corrected chi connectivity index (χ3v) is 6.50. The van der Waals surface area contributed by atoms with Crippen molar-refractivity contribution in [2.45, 2.75) is 19.3 Å². The van der Waals surface area contributed by atoms with E-state index < -0.39 is 11.1 Å². The molecule has 9 heteroatoms. The molecule has 30 heavy (non-hydrogen) atoms. The van der Waals surface area contributed by atoms with E-state index in [1.54, 1.807) is 23.3 Å². The maximum Gasteiger partial charge on any atom is 0.341 e. The highest BCUT2D eigenvalue weighted by Crippen LogP contribution is 2.35. The molecule has 0 saturated carbocycles.